The van der Waals surface area contributed by atoms with Gasteiger partial charge in [-0.25, -0.2) is 24.7 Å². The Bertz CT molecular complexity index is 2140. The molecule has 1 fully saturated rings. The van der Waals surface area contributed by atoms with Gasteiger partial charge in [0.15, 0.2) is 0 Å². The Morgan fingerprint density at radius 3 is 1.74 bits per heavy atom. The highest BCUT2D eigenvalue weighted by Crippen LogP contribution is 2.24. The van der Waals surface area contributed by atoms with Crippen molar-refractivity contribution >= 4 is 41.7 Å². The molecule has 15 heteroatoms. The van der Waals surface area contributed by atoms with Gasteiger partial charge in [-0.1, -0.05) is 31.2 Å². The summed E-state index contributed by atoms with van der Waals surface area (Å²) in [7, 11) is 3.73. The first kappa shape index (κ1) is 38.4. The zero-order valence-corrected chi connectivity index (χ0v) is 31.4. The minimum atomic E-state index is 0. The van der Waals surface area contributed by atoms with E-state index in [1.807, 2.05) is 67.8 Å². The first-order chi connectivity index (χ1) is 25.2. The molecule has 2 amide bonds. The van der Waals surface area contributed by atoms with Gasteiger partial charge in [0.05, 0.1) is 35.2 Å². The second kappa shape index (κ2) is 17.6. The van der Waals surface area contributed by atoms with Crippen molar-refractivity contribution in [2.24, 2.45) is 25.7 Å². The Labute approximate surface area is 315 Å². The molecule has 1 saturated heterocycles. The topological polar surface area (TPSA) is 170 Å². The lowest BCUT2D eigenvalue weighted by atomic mass is 9.98. The number of carbonyl (C=O) groups is 1. The van der Waals surface area contributed by atoms with Crippen LogP contribution in [0.25, 0.3) is 22.5 Å². The van der Waals surface area contributed by atoms with Crippen LogP contribution in [-0.2, 0) is 27.2 Å². The van der Waals surface area contributed by atoms with Gasteiger partial charge in [-0.05, 0) is 72.7 Å². The van der Waals surface area contributed by atoms with Crippen LogP contribution in [0.15, 0.2) is 85.7 Å². The van der Waals surface area contributed by atoms with E-state index in [0.717, 1.165) is 70.1 Å². The summed E-state index contributed by atoms with van der Waals surface area (Å²) in [6, 6.07) is 16.1. The fraction of sp³-hybridized carbons (Fsp3) is 0.289. The predicted octanol–water partition coefficient (Wildman–Crippen LogP) is 6.29. The van der Waals surface area contributed by atoms with Crippen LogP contribution in [0.2, 0.25) is 0 Å². The fourth-order valence-corrected chi connectivity index (χ4v) is 5.80. The number of nitrogens with two attached hydrogens (primary N) is 1. The Morgan fingerprint density at radius 1 is 0.792 bits per heavy atom. The average Bonchev–Trinajstić information content (AvgIpc) is 3.73. The minimum absolute atomic E-state index is 0. The molecule has 0 spiro atoms. The van der Waals surface area contributed by atoms with Crippen molar-refractivity contribution in [3.8, 4) is 22.5 Å². The Morgan fingerprint density at radius 2 is 1.30 bits per heavy atom. The highest BCUT2D eigenvalue weighted by Gasteiger charge is 2.28. The summed E-state index contributed by atoms with van der Waals surface area (Å²) < 4.78 is 3.44. The first-order valence-electron chi connectivity index (χ1n) is 17.3. The van der Waals surface area contributed by atoms with Gasteiger partial charge >= 0.3 is 6.03 Å². The molecule has 0 aliphatic carbocycles. The van der Waals surface area contributed by atoms with E-state index < -0.39 is 0 Å². The number of nitrogens with zero attached hydrogens (tertiary/aromatic N) is 9. The number of carbonyl (C=O) groups excluding carboxylic acids is 1. The van der Waals surface area contributed by atoms with E-state index >= 15 is 0 Å². The van der Waals surface area contributed by atoms with Gasteiger partial charge in [-0.15, -0.1) is 12.4 Å². The summed E-state index contributed by atoms with van der Waals surface area (Å²) >= 11 is 0. The molecule has 0 unspecified atom stereocenters. The number of urea groups is 1. The van der Waals surface area contributed by atoms with Crippen molar-refractivity contribution in [2.75, 3.05) is 23.7 Å². The summed E-state index contributed by atoms with van der Waals surface area (Å²) in [6.07, 6.45) is 11.8. The summed E-state index contributed by atoms with van der Waals surface area (Å²) in [5, 5.41) is 17.6. The van der Waals surface area contributed by atoms with E-state index in [1.165, 1.54) is 5.56 Å². The van der Waals surface area contributed by atoms with Crippen molar-refractivity contribution in [3.63, 3.8) is 0 Å². The fourth-order valence-electron chi connectivity index (χ4n) is 5.80. The molecular weight excluding hydrogens is 690 g/mol. The standard InChI is InChI=1S/C22H27N7O.C16H18N6.ClH/c1-4-16-12-29(13-16)22(30)24-10-18-6-5-17(9-15(18)2)20-7-8-23-21(27-20)26-19-11-25-28(3)14-19;1-11-7-12(3-4-13(11)8-17)15-5-6-18-16(21-15)20-14-9-19-22(2)10-14;/h5-9,11,14,16H,4,10,12-13H2,1-3H3,(H,24,30)(H,23,26,27);3-7,9-10H,8,17H2,1-2H3,(H,18,20,21);1H. The van der Waals surface area contributed by atoms with Crippen LogP contribution in [0.3, 0.4) is 0 Å². The molecule has 1 aliphatic rings. The molecular formula is C38H46ClN13O. The third kappa shape index (κ3) is 9.93. The zero-order valence-electron chi connectivity index (χ0n) is 30.6. The molecule has 0 bridgehead atoms. The van der Waals surface area contributed by atoms with Crippen LogP contribution in [0.1, 0.15) is 35.6 Å². The van der Waals surface area contributed by atoms with Crippen LogP contribution in [0, 0.1) is 19.8 Å². The van der Waals surface area contributed by atoms with Gasteiger partial charge in [-0.2, -0.15) is 10.2 Å². The predicted molar refractivity (Wildman–Crippen MR) is 210 cm³/mol. The Balaban J connectivity index is 0.000000210. The SMILES string of the molecule is CCC1CN(C(=O)NCc2ccc(-c3ccnc(Nc4cnn(C)c4)n3)cc2C)C1.Cc1cc(-c2ccnc(Nc3cnn(C)c3)n2)ccc1CN.Cl. The number of rotatable bonds is 10. The molecule has 276 valence electrons. The van der Waals surface area contributed by atoms with E-state index in [1.54, 1.807) is 34.2 Å². The average molecular weight is 736 g/mol. The van der Waals surface area contributed by atoms with E-state index in [9.17, 15) is 4.79 Å². The van der Waals surface area contributed by atoms with Crippen LogP contribution in [0.4, 0.5) is 28.1 Å². The number of aromatic nitrogens is 8. The van der Waals surface area contributed by atoms with Gasteiger partial charge in [0, 0.05) is 76.2 Å². The molecule has 5 heterocycles. The van der Waals surface area contributed by atoms with E-state index in [4.69, 9.17) is 5.73 Å². The summed E-state index contributed by atoms with van der Waals surface area (Å²) in [5.74, 6) is 1.72. The number of hydrogen-bond acceptors (Lipinski definition) is 10. The van der Waals surface area contributed by atoms with Gasteiger partial charge in [0.25, 0.3) is 0 Å². The number of halogens is 1. The molecule has 2 aromatic carbocycles. The van der Waals surface area contributed by atoms with E-state index in [0.29, 0.717) is 30.9 Å². The molecule has 7 rings (SSSR count). The van der Waals surface area contributed by atoms with Crippen molar-refractivity contribution < 1.29 is 4.79 Å². The van der Waals surface area contributed by atoms with E-state index in [2.05, 4.69) is 79.0 Å². The maximum absolute atomic E-state index is 12.2. The van der Waals surface area contributed by atoms with Crippen LogP contribution >= 0.6 is 12.4 Å². The number of likely N-dealkylation sites (tertiary alicyclic amines) is 1. The van der Waals surface area contributed by atoms with Gasteiger partial charge in [0.2, 0.25) is 11.9 Å². The molecule has 0 saturated carbocycles. The quantitative estimate of drug-likeness (QED) is 0.125. The summed E-state index contributed by atoms with van der Waals surface area (Å²) in [5.41, 5.74) is 15.7. The van der Waals surface area contributed by atoms with Gasteiger partial charge in [-0.3, -0.25) is 9.36 Å². The summed E-state index contributed by atoms with van der Waals surface area (Å²) in [4.78, 5) is 31.8. The molecule has 14 nitrogen and oxygen atoms in total. The molecule has 5 N–H and O–H groups in total. The van der Waals surface area contributed by atoms with Crippen LogP contribution < -0.4 is 21.7 Å². The highest BCUT2D eigenvalue weighted by atomic mass is 35.5. The van der Waals surface area contributed by atoms with Crippen molar-refractivity contribution in [1.29, 1.82) is 0 Å². The van der Waals surface area contributed by atoms with Crippen molar-refractivity contribution in [3.05, 3.63) is 108 Å². The van der Waals surface area contributed by atoms with Crippen LogP contribution in [0.5, 0.6) is 0 Å². The molecule has 53 heavy (non-hydrogen) atoms. The Hall–Kier alpha value is -5.86. The maximum atomic E-state index is 12.2. The number of anilines is 4. The third-order valence-electron chi connectivity index (χ3n) is 8.98. The minimum Gasteiger partial charge on any atom is -0.334 e. The lowest BCUT2D eigenvalue weighted by Crippen LogP contribution is -2.53. The smallest absolute Gasteiger partial charge is 0.317 e. The van der Waals surface area contributed by atoms with Gasteiger partial charge in [0.1, 0.15) is 0 Å². The number of aryl methyl sites for hydroxylation is 4. The zero-order chi connectivity index (χ0) is 36.6. The normalized spacial score (nSPS) is 12.2. The molecule has 0 atom stereocenters. The second-order valence-electron chi connectivity index (χ2n) is 12.9. The van der Waals surface area contributed by atoms with Crippen molar-refractivity contribution in [1.82, 2.24) is 49.7 Å². The maximum Gasteiger partial charge on any atom is 0.317 e. The first-order valence-corrected chi connectivity index (χ1v) is 17.3. The monoisotopic (exact) mass is 735 g/mol. The summed E-state index contributed by atoms with van der Waals surface area (Å²) in [6.45, 7) is 9.08. The van der Waals surface area contributed by atoms with E-state index in [-0.39, 0.29) is 18.4 Å². The highest BCUT2D eigenvalue weighted by molar-refractivity contribution is 5.85. The molecule has 1 aliphatic heterocycles. The van der Waals surface area contributed by atoms with Crippen LogP contribution in [-0.4, -0.2) is 63.5 Å². The molecule has 0 radical (unpaired) electrons. The lowest BCUT2D eigenvalue weighted by Gasteiger charge is -2.38. The number of hydrogen-bond donors (Lipinski definition) is 4. The number of amides is 2. The second-order valence-corrected chi connectivity index (χ2v) is 12.9. The largest absolute Gasteiger partial charge is 0.334 e. The lowest BCUT2D eigenvalue weighted by molar-refractivity contribution is 0.118. The number of benzene rings is 2. The number of nitrogens with one attached hydrogen (secondary N) is 3. The third-order valence-corrected chi connectivity index (χ3v) is 8.98. The Kier molecular flexibility index (Phi) is 12.7. The van der Waals surface area contributed by atoms with Crippen molar-refractivity contribution in [2.45, 2.75) is 40.3 Å². The van der Waals surface area contributed by atoms with Gasteiger partial charge < -0.3 is 26.6 Å². The molecule has 6 aromatic rings. The molecule has 4 aromatic heterocycles.